The standard InChI is InChI=1S/C10H9F4NO2/c11-7-1-2-8(10(12,13)14)6(5-7)3-4-15-9(16)17/h1-2,5,15H,3-4H2,(H,16,17). The van der Waals surface area contributed by atoms with Crippen LogP contribution in [0.1, 0.15) is 11.1 Å². The first-order valence-corrected chi connectivity index (χ1v) is 4.63. The van der Waals surface area contributed by atoms with Crippen LogP contribution in [-0.2, 0) is 12.6 Å². The van der Waals surface area contributed by atoms with Crippen molar-refractivity contribution >= 4 is 6.09 Å². The number of carboxylic acid groups (broad SMARTS) is 1. The van der Waals surface area contributed by atoms with Gasteiger partial charge in [0.1, 0.15) is 5.82 Å². The number of hydrogen-bond acceptors (Lipinski definition) is 1. The number of amides is 1. The SMILES string of the molecule is O=C(O)NCCc1cc(F)ccc1C(F)(F)F. The molecule has 17 heavy (non-hydrogen) atoms. The third kappa shape index (κ3) is 3.93. The average molecular weight is 251 g/mol. The van der Waals surface area contributed by atoms with Gasteiger partial charge in [0.15, 0.2) is 0 Å². The third-order valence-corrected chi connectivity index (χ3v) is 2.04. The molecular weight excluding hydrogens is 242 g/mol. The van der Waals surface area contributed by atoms with Gasteiger partial charge in [-0.1, -0.05) is 0 Å². The summed E-state index contributed by atoms with van der Waals surface area (Å²) >= 11 is 0. The Labute approximate surface area is 94.1 Å². The predicted octanol–water partition coefficient (Wildman–Crippen LogP) is 2.65. The summed E-state index contributed by atoms with van der Waals surface area (Å²) in [4.78, 5) is 10.1. The zero-order valence-electron chi connectivity index (χ0n) is 8.51. The van der Waals surface area contributed by atoms with Gasteiger partial charge in [-0.05, 0) is 30.2 Å². The Hall–Kier alpha value is -1.79. The maximum atomic E-state index is 12.8. The maximum absolute atomic E-state index is 12.8. The topological polar surface area (TPSA) is 49.3 Å². The molecule has 0 saturated heterocycles. The molecule has 1 aromatic carbocycles. The van der Waals surface area contributed by atoms with E-state index in [1.807, 2.05) is 5.32 Å². The maximum Gasteiger partial charge on any atom is 0.416 e. The van der Waals surface area contributed by atoms with Gasteiger partial charge >= 0.3 is 12.3 Å². The van der Waals surface area contributed by atoms with Gasteiger partial charge in [-0.3, -0.25) is 0 Å². The van der Waals surface area contributed by atoms with Crippen molar-refractivity contribution in [2.24, 2.45) is 0 Å². The zero-order valence-corrected chi connectivity index (χ0v) is 8.51. The highest BCUT2D eigenvalue weighted by atomic mass is 19.4. The molecule has 0 atom stereocenters. The summed E-state index contributed by atoms with van der Waals surface area (Å²) in [5.74, 6) is -0.789. The molecule has 0 aliphatic rings. The van der Waals surface area contributed by atoms with E-state index in [4.69, 9.17) is 5.11 Å². The van der Waals surface area contributed by atoms with Gasteiger partial charge in [-0.2, -0.15) is 13.2 Å². The lowest BCUT2D eigenvalue weighted by atomic mass is 10.0. The lowest BCUT2D eigenvalue weighted by Crippen LogP contribution is -2.24. The lowest BCUT2D eigenvalue weighted by molar-refractivity contribution is -0.138. The minimum atomic E-state index is -4.58. The van der Waals surface area contributed by atoms with Crippen molar-refractivity contribution in [2.75, 3.05) is 6.54 Å². The highest BCUT2D eigenvalue weighted by molar-refractivity contribution is 5.64. The van der Waals surface area contributed by atoms with Crippen LogP contribution in [0.25, 0.3) is 0 Å². The van der Waals surface area contributed by atoms with Gasteiger partial charge in [0.25, 0.3) is 0 Å². The first-order valence-electron chi connectivity index (χ1n) is 4.63. The average Bonchev–Trinajstić information content (AvgIpc) is 2.15. The van der Waals surface area contributed by atoms with Crippen LogP contribution in [0.5, 0.6) is 0 Å². The van der Waals surface area contributed by atoms with Gasteiger partial charge < -0.3 is 10.4 Å². The first kappa shape index (κ1) is 13.3. The van der Waals surface area contributed by atoms with Crippen molar-refractivity contribution in [3.63, 3.8) is 0 Å². The molecule has 0 aromatic heterocycles. The quantitative estimate of drug-likeness (QED) is 0.811. The van der Waals surface area contributed by atoms with Crippen molar-refractivity contribution in [3.8, 4) is 0 Å². The summed E-state index contributed by atoms with van der Waals surface area (Å²) in [5, 5.41) is 10.2. The van der Waals surface area contributed by atoms with E-state index in [9.17, 15) is 22.4 Å². The molecule has 1 aromatic rings. The van der Waals surface area contributed by atoms with Gasteiger partial charge in [-0.15, -0.1) is 0 Å². The monoisotopic (exact) mass is 251 g/mol. The van der Waals surface area contributed by atoms with E-state index in [0.29, 0.717) is 6.07 Å². The van der Waals surface area contributed by atoms with Gasteiger partial charge in [0.05, 0.1) is 5.56 Å². The van der Waals surface area contributed by atoms with Crippen LogP contribution in [0.2, 0.25) is 0 Å². The Morgan fingerprint density at radius 2 is 2.00 bits per heavy atom. The normalized spacial score (nSPS) is 11.3. The second kappa shape index (κ2) is 5.03. The van der Waals surface area contributed by atoms with Crippen LogP contribution in [0.15, 0.2) is 18.2 Å². The summed E-state index contributed by atoms with van der Waals surface area (Å²) in [7, 11) is 0. The predicted molar refractivity (Wildman–Crippen MR) is 51.1 cm³/mol. The van der Waals surface area contributed by atoms with Crippen LogP contribution in [0.4, 0.5) is 22.4 Å². The molecular formula is C10H9F4NO2. The number of carbonyl (C=O) groups is 1. The Balaban J connectivity index is 2.88. The van der Waals surface area contributed by atoms with Crippen LogP contribution in [-0.4, -0.2) is 17.7 Å². The molecule has 0 spiro atoms. The molecule has 0 fully saturated rings. The number of rotatable bonds is 3. The summed E-state index contributed by atoms with van der Waals surface area (Å²) in [6.07, 6.45) is -6.14. The van der Waals surface area contributed by atoms with Crippen molar-refractivity contribution in [3.05, 3.63) is 35.1 Å². The second-order valence-corrected chi connectivity index (χ2v) is 3.28. The molecule has 1 amide bonds. The highest BCUT2D eigenvalue weighted by Gasteiger charge is 2.33. The van der Waals surface area contributed by atoms with Crippen LogP contribution in [0, 0.1) is 5.82 Å². The van der Waals surface area contributed by atoms with Crippen LogP contribution in [0.3, 0.4) is 0 Å². The summed E-state index contributed by atoms with van der Waals surface area (Å²) in [6, 6.07) is 2.12. The molecule has 1 rings (SSSR count). The zero-order chi connectivity index (χ0) is 13.1. The molecule has 0 heterocycles. The molecule has 0 aliphatic carbocycles. The smallest absolute Gasteiger partial charge is 0.416 e. The summed E-state index contributed by atoms with van der Waals surface area (Å²) < 4.78 is 50.3. The Kier molecular flexibility index (Phi) is 3.93. The Bertz CT molecular complexity index is 417. The van der Waals surface area contributed by atoms with E-state index in [-0.39, 0.29) is 18.5 Å². The lowest BCUT2D eigenvalue weighted by Gasteiger charge is -2.12. The van der Waals surface area contributed by atoms with E-state index >= 15 is 0 Å². The third-order valence-electron chi connectivity index (χ3n) is 2.04. The molecule has 0 bridgehead atoms. The van der Waals surface area contributed by atoms with E-state index < -0.39 is 23.7 Å². The minimum Gasteiger partial charge on any atom is -0.465 e. The molecule has 7 heteroatoms. The Morgan fingerprint density at radius 1 is 1.35 bits per heavy atom. The van der Waals surface area contributed by atoms with Gasteiger partial charge in [0.2, 0.25) is 0 Å². The van der Waals surface area contributed by atoms with Crippen molar-refractivity contribution in [1.29, 1.82) is 0 Å². The molecule has 0 aliphatic heterocycles. The van der Waals surface area contributed by atoms with Crippen LogP contribution >= 0.6 is 0 Å². The number of alkyl halides is 3. The fourth-order valence-electron chi connectivity index (χ4n) is 1.35. The molecule has 94 valence electrons. The fourth-order valence-corrected chi connectivity index (χ4v) is 1.35. The number of halogens is 4. The molecule has 0 radical (unpaired) electrons. The number of hydrogen-bond donors (Lipinski definition) is 2. The van der Waals surface area contributed by atoms with Gasteiger partial charge in [0, 0.05) is 6.54 Å². The van der Waals surface area contributed by atoms with E-state index in [0.717, 1.165) is 12.1 Å². The molecule has 2 N–H and O–H groups in total. The molecule has 3 nitrogen and oxygen atoms in total. The minimum absolute atomic E-state index is 0.206. The van der Waals surface area contributed by atoms with E-state index in [1.165, 1.54) is 0 Å². The molecule has 0 saturated carbocycles. The van der Waals surface area contributed by atoms with Gasteiger partial charge in [-0.25, -0.2) is 9.18 Å². The second-order valence-electron chi connectivity index (χ2n) is 3.28. The summed E-state index contributed by atoms with van der Waals surface area (Å²) in [5.41, 5.74) is -1.22. The number of benzene rings is 1. The van der Waals surface area contributed by atoms with Crippen LogP contribution < -0.4 is 5.32 Å². The summed E-state index contributed by atoms with van der Waals surface area (Å²) in [6.45, 7) is -0.206. The highest BCUT2D eigenvalue weighted by Crippen LogP contribution is 2.32. The fraction of sp³-hybridized carbons (Fsp3) is 0.300. The van der Waals surface area contributed by atoms with E-state index in [1.54, 1.807) is 0 Å². The number of nitrogens with one attached hydrogen (secondary N) is 1. The van der Waals surface area contributed by atoms with Crippen molar-refractivity contribution in [1.82, 2.24) is 5.32 Å². The first-order chi connectivity index (χ1) is 7.80. The Morgan fingerprint density at radius 3 is 2.53 bits per heavy atom. The molecule has 0 unspecified atom stereocenters. The largest absolute Gasteiger partial charge is 0.465 e. The van der Waals surface area contributed by atoms with Crippen molar-refractivity contribution in [2.45, 2.75) is 12.6 Å². The van der Waals surface area contributed by atoms with Crippen molar-refractivity contribution < 1.29 is 27.5 Å². The van der Waals surface area contributed by atoms with E-state index in [2.05, 4.69) is 0 Å².